The second-order valence-electron chi connectivity index (χ2n) is 8.63. The second kappa shape index (κ2) is 6.21. The van der Waals surface area contributed by atoms with E-state index in [2.05, 4.69) is 88.6 Å². The molecule has 4 rings (SSSR count). The fourth-order valence-electron chi connectivity index (χ4n) is 3.46. The van der Waals surface area contributed by atoms with Gasteiger partial charge in [0, 0.05) is 11.6 Å². The summed E-state index contributed by atoms with van der Waals surface area (Å²) in [4.78, 5) is 4.84. The number of fused-ring (bicyclic) bond motifs is 1. The third kappa shape index (κ3) is 2.99. The SMILES string of the molecule is CC(C)c1nc2ccccc2n1-c1ccc(B2OC(C)(C)C(C)(C)O2)cc1. The van der Waals surface area contributed by atoms with E-state index in [0.29, 0.717) is 5.92 Å². The van der Waals surface area contributed by atoms with E-state index < -0.39 is 0 Å². The maximum absolute atomic E-state index is 6.17. The van der Waals surface area contributed by atoms with Gasteiger partial charge in [-0.1, -0.05) is 38.1 Å². The lowest BCUT2D eigenvalue weighted by Gasteiger charge is -2.32. The van der Waals surface area contributed by atoms with Gasteiger partial charge in [0.25, 0.3) is 0 Å². The Hall–Kier alpha value is -2.11. The topological polar surface area (TPSA) is 36.3 Å². The summed E-state index contributed by atoms with van der Waals surface area (Å²) in [6.07, 6.45) is 0. The lowest BCUT2D eigenvalue weighted by Crippen LogP contribution is -2.41. The number of hydrogen-bond acceptors (Lipinski definition) is 3. The number of para-hydroxylation sites is 2. The van der Waals surface area contributed by atoms with E-state index in [0.717, 1.165) is 28.0 Å². The third-order valence-electron chi connectivity index (χ3n) is 5.78. The molecule has 0 spiro atoms. The summed E-state index contributed by atoms with van der Waals surface area (Å²) in [5, 5.41) is 0. The van der Waals surface area contributed by atoms with Crippen molar-refractivity contribution in [3.05, 3.63) is 54.4 Å². The average Bonchev–Trinajstić information content (AvgIpc) is 3.10. The molecule has 0 N–H and O–H groups in total. The second-order valence-corrected chi connectivity index (χ2v) is 8.63. The van der Waals surface area contributed by atoms with Crippen molar-refractivity contribution in [2.45, 2.75) is 58.7 Å². The predicted molar refractivity (Wildman–Crippen MR) is 111 cm³/mol. The Morgan fingerprint density at radius 2 is 1.48 bits per heavy atom. The van der Waals surface area contributed by atoms with Crippen LogP contribution in [-0.4, -0.2) is 27.9 Å². The van der Waals surface area contributed by atoms with Gasteiger partial charge in [-0.05, 0) is 57.4 Å². The quantitative estimate of drug-likeness (QED) is 0.646. The van der Waals surface area contributed by atoms with Crippen LogP contribution in [0.4, 0.5) is 0 Å². The Labute approximate surface area is 161 Å². The fraction of sp³-hybridized carbons (Fsp3) is 0.409. The van der Waals surface area contributed by atoms with Crippen LogP contribution in [0.5, 0.6) is 0 Å². The van der Waals surface area contributed by atoms with Crippen LogP contribution < -0.4 is 5.46 Å². The molecule has 0 aliphatic carbocycles. The number of rotatable bonds is 3. The predicted octanol–water partition coefficient (Wildman–Crippen LogP) is 4.45. The molecule has 0 bridgehead atoms. The van der Waals surface area contributed by atoms with Crippen LogP contribution in [0.1, 0.15) is 53.3 Å². The maximum atomic E-state index is 6.17. The zero-order chi connectivity index (χ0) is 19.4. The molecule has 1 aliphatic heterocycles. The van der Waals surface area contributed by atoms with Gasteiger partial charge in [0.05, 0.1) is 22.2 Å². The molecule has 2 heterocycles. The number of aromatic nitrogens is 2. The molecule has 0 amide bonds. The molecule has 27 heavy (non-hydrogen) atoms. The van der Waals surface area contributed by atoms with Crippen molar-refractivity contribution in [2.24, 2.45) is 0 Å². The first kappa shape index (κ1) is 18.3. The Kier molecular flexibility index (Phi) is 4.20. The Bertz CT molecular complexity index is 958. The highest BCUT2D eigenvalue weighted by atomic mass is 16.7. The number of hydrogen-bond donors (Lipinski definition) is 0. The molecule has 2 aromatic carbocycles. The molecular weight excluding hydrogens is 335 g/mol. The normalized spacial score (nSPS) is 18.6. The van der Waals surface area contributed by atoms with Gasteiger partial charge in [0.15, 0.2) is 0 Å². The molecule has 0 saturated carbocycles. The molecule has 1 fully saturated rings. The minimum Gasteiger partial charge on any atom is -0.399 e. The summed E-state index contributed by atoms with van der Waals surface area (Å²) in [5.74, 6) is 1.40. The van der Waals surface area contributed by atoms with Gasteiger partial charge < -0.3 is 9.31 Å². The standard InChI is InChI=1S/C22H27BN2O2/c1-15(2)20-24-18-9-7-8-10-19(18)25(20)17-13-11-16(12-14-17)23-26-21(3,4)22(5,6)27-23/h7-15H,1-6H3. The number of nitrogens with zero attached hydrogens (tertiary/aromatic N) is 2. The van der Waals surface area contributed by atoms with Gasteiger partial charge in [-0.15, -0.1) is 0 Å². The van der Waals surface area contributed by atoms with Crippen molar-refractivity contribution in [2.75, 3.05) is 0 Å². The van der Waals surface area contributed by atoms with Crippen LogP contribution in [0.3, 0.4) is 0 Å². The van der Waals surface area contributed by atoms with Crippen LogP contribution in [0.25, 0.3) is 16.7 Å². The molecule has 1 aliphatic rings. The highest BCUT2D eigenvalue weighted by Gasteiger charge is 2.51. The van der Waals surface area contributed by atoms with Gasteiger partial charge in [-0.3, -0.25) is 4.57 Å². The lowest BCUT2D eigenvalue weighted by atomic mass is 9.79. The first-order chi connectivity index (χ1) is 12.7. The van der Waals surface area contributed by atoms with Crippen LogP contribution in [0.2, 0.25) is 0 Å². The zero-order valence-electron chi connectivity index (χ0n) is 17.0. The largest absolute Gasteiger partial charge is 0.494 e. The van der Waals surface area contributed by atoms with Crippen molar-refractivity contribution in [1.82, 2.24) is 9.55 Å². The van der Waals surface area contributed by atoms with Crippen molar-refractivity contribution in [1.29, 1.82) is 0 Å². The lowest BCUT2D eigenvalue weighted by molar-refractivity contribution is 0.00578. The first-order valence-corrected chi connectivity index (χ1v) is 9.63. The molecule has 5 heteroatoms. The summed E-state index contributed by atoms with van der Waals surface area (Å²) >= 11 is 0. The van der Waals surface area contributed by atoms with Crippen LogP contribution >= 0.6 is 0 Å². The van der Waals surface area contributed by atoms with E-state index in [-0.39, 0.29) is 18.3 Å². The Morgan fingerprint density at radius 3 is 2.07 bits per heavy atom. The number of imidazole rings is 1. The molecule has 0 radical (unpaired) electrons. The molecular formula is C22H27BN2O2. The minimum absolute atomic E-state index is 0.332. The third-order valence-corrected chi connectivity index (χ3v) is 5.78. The molecule has 0 unspecified atom stereocenters. The smallest absolute Gasteiger partial charge is 0.399 e. The van der Waals surface area contributed by atoms with Gasteiger partial charge in [-0.25, -0.2) is 4.98 Å². The maximum Gasteiger partial charge on any atom is 0.494 e. The zero-order valence-corrected chi connectivity index (χ0v) is 17.0. The average molecular weight is 362 g/mol. The Balaban J connectivity index is 1.72. The highest BCUT2D eigenvalue weighted by molar-refractivity contribution is 6.62. The van der Waals surface area contributed by atoms with Crippen LogP contribution in [0, 0.1) is 0 Å². The minimum atomic E-state index is -0.340. The number of benzene rings is 2. The molecule has 4 nitrogen and oxygen atoms in total. The first-order valence-electron chi connectivity index (χ1n) is 9.63. The van der Waals surface area contributed by atoms with E-state index in [9.17, 15) is 0 Å². The van der Waals surface area contributed by atoms with Crippen LogP contribution in [-0.2, 0) is 9.31 Å². The van der Waals surface area contributed by atoms with Crippen molar-refractivity contribution < 1.29 is 9.31 Å². The molecule has 1 saturated heterocycles. The molecule has 3 aromatic rings. The monoisotopic (exact) mass is 362 g/mol. The summed E-state index contributed by atoms with van der Waals surface area (Å²) in [6.45, 7) is 12.7. The fourth-order valence-corrected chi connectivity index (χ4v) is 3.46. The van der Waals surface area contributed by atoms with Crippen LogP contribution in [0.15, 0.2) is 48.5 Å². The van der Waals surface area contributed by atoms with Crippen molar-refractivity contribution in [3.8, 4) is 5.69 Å². The van der Waals surface area contributed by atoms with E-state index in [4.69, 9.17) is 14.3 Å². The van der Waals surface area contributed by atoms with Gasteiger partial charge >= 0.3 is 7.12 Å². The molecule has 1 aromatic heterocycles. The van der Waals surface area contributed by atoms with Gasteiger partial charge in [0.1, 0.15) is 5.82 Å². The summed E-state index contributed by atoms with van der Waals surface area (Å²) in [5.41, 5.74) is 3.63. The van der Waals surface area contributed by atoms with E-state index >= 15 is 0 Å². The summed E-state index contributed by atoms with van der Waals surface area (Å²) in [6, 6.07) is 16.7. The van der Waals surface area contributed by atoms with E-state index in [1.54, 1.807) is 0 Å². The highest BCUT2D eigenvalue weighted by Crippen LogP contribution is 2.36. The van der Waals surface area contributed by atoms with Crippen molar-refractivity contribution >= 4 is 23.6 Å². The Morgan fingerprint density at radius 1 is 0.889 bits per heavy atom. The molecule has 0 atom stereocenters. The summed E-state index contributed by atoms with van der Waals surface area (Å²) in [7, 11) is -0.340. The van der Waals surface area contributed by atoms with E-state index in [1.165, 1.54) is 0 Å². The van der Waals surface area contributed by atoms with Crippen molar-refractivity contribution in [3.63, 3.8) is 0 Å². The molecule has 140 valence electrons. The summed E-state index contributed by atoms with van der Waals surface area (Å²) < 4.78 is 14.6. The van der Waals surface area contributed by atoms with E-state index in [1.807, 2.05) is 6.07 Å². The van der Waals surface area contributed by atoms with Gasteiger partial charge in [-0.2, -0.15) is 0 Å². The van der Waals surface area contributed by atoms with Gasteiger partial charge in [0.2, 0.25) is 0 Å².